The van der Waals surface area contributed by atoms with E-state index in [1.54, 1.807) is 0 Å². The molecule has 0 bridgehead atoms. The first-order chi connectivity index (χ1) is 6.77. The van der Waals surface area contributed by atoms with Gasteiger partial charge in [0.1, 0.15) is 0 Å². The van der Waals surface area contributed by atoms with E-state index in [9.17, 15) is 0 Å². The third-order valence-electron chi connectivity index (χ3n) is 3.04. The first-order valence-electron chi connectivity index (χ1n) is 5.60. The first-order valence-corrected chi connectivity index (χ1v) is 5.60. The van der Waals surface area contributed by atoms with Crippen LogP contribution in [-0.2, 0) is 0 Å². The summed E-state index contributed by atoms with van der Waals surface area (Å²) < 4.78 is 0. The molecule has 1 nitrogen and oxygen atoms in total. The fraction of sp³-hybridized carbons (Fsp3) is 0.538. The lowest BCUT2D eigenvalue weighted by molar-refractivity contribution is 0.646. The van der Waals surface area contributed by atoms with Crippen molar-refractivity contribution in [2.24, 2.45) is 0 Å². The van der Waals surface area contributed by atoms with Crippen molar-refractivity contribution in [2.75, 3.05) is 6.54 Å². The fourth-order valence-corrected chi connectivity index (χ4v) is 2.10. The largest absolute Gasteiger partial charge is 0.310 e. The Bertz CT molecular complexity index is 298. The highest BCUT2D eigenvalue weighted by Gasteiger charge is 2.16. The van der Waals surface area contributed by atoms with Crippen molar-refractivity contribution in [2.45, 2.75) is 38.6 Å². The molecule has 76 valence electrons. The SMILES string of the molecule is CC(C)c1cccc([C@H]2CCCN2)c1. The topological polar surface area (TPSA) is 12.0 Å². The highest BCUT2D eigenvalue weighted by molar-refractivity contribution is 5.28. The molecule has 0 saturated carbocycles. The molecule has 1 heterocycles. The summed E-state index contributed by atoms with van der Waals surface area (Å²) in [7, 11) is 0. The van der Waals surface area contributed by atoms with Crippen LogP contribution < -0.4 is 5.32 Å². The van der Waals surface area contributed by atoms with Gasteiger partial charge in [-0.15, -0.1) is 0 Å². The number of benzene rings is 1. The Kier molecular flexibility index (Phi) is 2.87. The summed E-state index contributed by atoms with van der Waals surface area (Å²) in [6.45, 7) is 5.68. The monoisotopic (exact) mass is 189 g/mol. The lowest BCUT2D eigenvalue weighted by Crippen LogP contribution is -2.12. The molecule has 0 aromatic heterocycles. The number of rotatable bonds is 2. The standard InChI is InChI=1S/C13H19N/c1-10(2)11-5-3-6-12(9-11)13-7-4-8-14-13/h3,5-6,9-10,13-14H,4,7-8H2,1-2H3/t13-/m1/s1. The molecule has 0 aliphatic carbocycles. The Morgan fingerprint density at radius 3 is 2.86 bits per heavy atom. The van der Waals surface area contributed by atoms with Crippen LogP contribution in [0.3, 0.4) is 0 Å². The van der Waals surface area contributed by atoms with Gasteiger partial charge in [0.05, 0.1) is 0 Å². The van der Waals surface area contributed by atoms with Gasteiger partial charge in [-0.3, -0.25) is 0 Å². The molecule has 1 aliphatic rings. The van der Waals surface area contributed by atoms with Gasteiger partial charge in [0.2, 0.25) is 0 Å². The maximum absolute atomic E-state index is 3.54. The Hall–Kier alpha value is -0.820. The zero-order valence-electron chi connectivity index (χ0n) is 9.09. The third-order valence-corrected chi connectivity index (χ3v) is 3.04. The van der Waals surface area contributed by atoms with Crippen molar-refractivity contribution >= 4 is 0 Å². The minimum atomic E-state index is 0.605. The van der Waals surface area contributed by atoms with E-state index in [0.717, 1.165) is 0 Å². The zero-order chi connectivity index (χ0) is 9.97. The van der Waals surface area contributed by atoms with E-state index >= 15 is 0 Å². The van der Waals surface area contributed by atoms with Crippen molar-refractivity contribution in [3.8, 4) is 0 Å². The van der Waals surface area contributed by atoms with Gasteiger partial charge >= 0.3 is 0 Å². The molecule has 1 aromatic carbocycles. The fourth-order valence-electron chi connectivity index (χ4n) is 2.10. The average Bonchev–Trinajstić information content (AvgIpc) is 2.71. The Labute approximate surface area is 86.5 Å². The summed E-state index contributed by atoms with van der Waals surface area (Å²) in [5.74, 6) is 0.636. The van der Waals surface area contributed by atoms with Gasteiger partial charge in [-0.25, -0.2) is 0 Å². The molecule has 1 aromatic rings. The second kappa shape index (κ2) is 4.14. The van der Waals surface area contributed by atoms with Crippen LogP contribution in [0.5, 0.6) is 0 Å². The second-order valence-corrected chi connectivity index (χ2v) is 4.47. The summed E-state index contributed by atoms with van der Waals surface area (Å²) in [6.07, 6.45) is 2.61. The average molecular weight is 189 g/mol. The summed E-state index contributed by atoms with van der Waals surface area (Å²) in [5.41, 5.74) is 2.92. The molecule has 1 atom stereocenters. The smallest absolute Gasteiger partial charge is 0.0320 e. The summed E-state index contributed by atoms with van der Waals surface area (Å²) >= 11 is 0. The minimum absolute atomic E-state index is 0.605. The van der Waals surface area contributed by atoms with Gasteiger partial charge < -0.3 is 5.32 Å². The molecular weight excluding hydrogens is 170 g/mol. The maximum Gasteiger partial charge on any atom is 0.0320 e. The van der Waals surface area contributed by atoms with Gasteiger partial charge in [0, 0.05) is 6.04 Å². The van der Waals surface area contributed by atoms with Crippen LogP contribution in [0, 0.1) is 0 Å². The number of hydrogen-bond donors (Lipinski definition) is 1. The molecule has 0 amide bonds. The summed E-state index contributed by atoms with van der Waals surface area (Å²) in [5, 5.41) is 3.54. The van der Waals surface area contributed by atoms with Gasteiger partial charge in [-0.1, -0.05) is 38.1 Å². The second-order valence-electron chi connectivity index (χ2n) is 4.47. The van der Waals surface area contributed by atoms with Gasteiger partial charge in [0.25, 0.3) is 0 Å². The van der Waals surface area contributed by atoms with Crippen LogP contribution in [-0.4, -0.2) is 6.54 Å². The Balaban J connectivity index is 2.21. The van der Waals surface area contributed by atoms with Crippen molar-refractivity contribution in [1.82, 2.24) is 5.32 Å². The van der Waals surface area contributed by atoms with E-state index in [-0.39, 0.29) is 0 Å². The first kappa shape index (κ1) is 9.72. The Morgan fingerprint density at radius 2 is 2.21 bits per heavy atom. The molecule has 1 fully saturated rings. The molecular formula is C13H19N. The van der Waals surface area contributed by atoms with Crippen LogP contribution in [0.4, 0.5) is 0 Å². The highest BCUT2D eigenvalue weighted by Crippen LogP contribution is 2.25. The highest BCUT2D eigenvalue weighted by atomic mass is 14.9. The zero-order valence-corrected chi connectivity index (χ0v) is 9.09. The lowest BCUT2D eigenvalue weighted by Gasteiger charge is -2.13. The van der Waals surface area contributed by atoms with Gasteiger partial charge in [-0.2, -0.15) is 0 Å². The molecule has 0 unspecified atom stereocenters. The molecule has 1 saturated heterocycles. The molecule has 1 aliphatic heterocycles. The van der Waals surface area contributed by atoms with Crippen LogP contribution >= 0.6 is 0 Å². The van der Waals surface area contributed by atoms with Crippen LogP contribution in [0.1, 0.15) is 49.8 Å². The number of hydrogen-bond acceptors (Lipinski definition) is 1. The molecule has 0 radical (unpaired) electrons. The third kappa shape index (κ3) is 1.98. The van der Waals surface area contributed by atoms with Crippen LogP contribution in [0.15, 0.2) is 24.3 Å². The van der Waals surface area contributed by atoms with E-state index < -0.39 is 0 Å². The predicted octanol–water partition coefficient (Wildman–Crippen LogP) is 3.23. The lowest BCUT2D eigenvalue weighted by atomic mass is 9.97. The Morgan fingerprint density at radius 1 is 1.36 bits per heavy atom. The van der Waals surface area contributed by atoms with Gasteiger partial charge in [0.15, 0.2) is 0 Å². The molecule has 2 rings (SSSR count). The number of nitrogens with one attached hydrogen (secondary N) is 1. The van der Waals surface area contributed by atoms with Crippen LogP contribution in [0.25, 0.3) is 0 Å². The minimum Gasteiger partial charge on any atom is -0.310 e. The van der Waals surface area contributed by atoms with Crippen molar-refractivity contribution < 1.29 is 0 Å². The van der Waals surface area contributed by atoms with Crippen molar-refractivity contribution in [3.63, 3.8) is 0 Å². The van der Waals surface area contributed by atoms with E-state index in [1.165, 1.54) is 30.5 Å². The van der Waals surface area contributed by atoms with E-state index in [2.05, 4.69) is 43.4 Å². The molecule has 0 spiro atoms. The maximum atomic E-state index is 3.54. The summed E-state index contributed by atoms with van der Waals surface area (Å²) in [6, 6.07) is 9.62. The van der Waals surface area contributed by atoms with E-state index in [1.807, 2.05) is 0 Å². The van der Waals surface area contributed by atoms with E-state index in [4.69, 9.17) is 0 Å². The normalized spacial score (nSPS) is 21.8. The molecule has 1 heteroatoms. The van der Waals surface area contributed by atoms with Crippen LogP contribution in [0.2, 0.25) is 0 Å². The van der Waals surface area contributed by atoms with Crippen molar-refractivity contribution in [1.29, 1.82) is 0 Å². The van der Waals surface area contributed by atoms with Gasteiger partial charge in [-0.05, 0) is 36.4 Å². The van der Waals surface area contributed by atoms with E-state index in [0.29, 0.717) is 12.0 Å². The molecule has 1 N–H and O–H groups in total. The summed E-state index contributed by atoms with van der Waals surface area (Å²) in [4.78, 5) is 0. The molecule has 14 heavy (non-hydrogen) atoms. The van der Waals surface area contributed by atoms with Crippen molar-refractivity contribution in [3.05, 3.63) is 35.4 Å². The quantitative estimate of drug-likeness (QED) is 0.753. The predicted molar refractivity (Wildman–Crippen MR) is 60.5 cm³/mol.